The first kappa shape index (κ1) is 49.7. The van der Waals surface area contributed by atoms with E-state index in [1.165, 1.54) is 13.5 Å². The smallest absolute Gasteiger partial charge is 0.234 e. The molecular formula is C43H79N5O11. The number of rotatable bonds is 13. The molecule has 0 aromatic heterocycles. The first-order chi connectivity index (χ1) is 27.8. The summed E-state index contributed by atoms with van der Waals surface area (Å²) in [5, 5.41) is 29.6. The van der Waals surface area contributed by atoms with Crippen molar-refractivity contribution in [3.63, 3.8) is 0 Å². The molecule has 4 heterocycles. The highest BCUT2D eigenvalue weighted by Crippen LogP contribution is 2.39. The molecule has 4 fully saturated rings. The maximum Gasteiger partial charge on any atom is 0.234 e. The summed E-state index contributed by atoms with van der Waals surface area (Å²) < 4.78 is 39.0. The van der Waals surface area contributed by atoms with Gasteiger partial charge in [-0.1, -0.05) is 27.2 Å². The number of piperidine rings is 1. The van der Waals surface area contributed by atoms with E-state index in [4.69, 9.17) is 28.4 Å². The van der Waals surface area contributed by atoms with E-state index in [9.17, 15) is 24.6 Å². The molecule has 3 amide bonds. The lowest BCUT2D eigenvalue weighted by Gasteiger charge is -2.49. The van der Waals surface area contributed by atoms with Crippen molar-refractivity contribution in [3.05, 3.63) is 0 Å². The number of aliphatic hydroxyl groups excluding tert-OH is 1. The third-order valence-electron chi connectivity index (χ3n) is 13.0. The fraction of sp³-hybridized carbons (Fsp3) is 0.930. The zero-order valence-corrected chi connectivity index (χ0v) is 37.9. The summed E-state index contributed by atoms with van der Waals surface area (Å²) in [6.45, 7) is 16.6. The number of likely N-dealkylation sites (tertiary alicyclic amines) is 1. The highest BCUT2D eigenvalue weighted by atomic mass is 16.7. The van der Waals surface area contributed by atoms with Crippen LogP contribution in [0, 0.1) is 17.8 Å². The van der Waals surface area contributed by atoms with Gasteiger partial charge in [0.25, 0.3) is 0 Å². The SMILES string of the molecule is CO[C@]1(C)C[C@H](O[C@H]2[C@H](C)[C@@H](O[C@@H]3O[C@H](C)C[C@H](N(C)C)[C@H]3OCCCNC(=O)CN3CCCCC3)[C@](C)(O)C[C@@H](C)CN(C)C(=O)CCNC(=O)[C@@H]2C)O[C@@H](C)[C@@H]1O. The summed E-state index contributed by atoms with van der Waals surface area (Å²) in [5.41, 5.74) is -2.49. The Kier molecular flexibility index (Phi) is 18.8. The van der Waals surface area contributed by atoms with Crippen molar-refractivity contribution in [1.29, 1.82) is 0 Å². The molecule has 4 aliphatic rings. The van der Waals surface area contributed by atoms with Gasteiger partial charge >= 0.3 is 0 Å². The number of carbonyl (C=O) groups is 3. The molecule has 14 atom stereocenters. The largest absolute Gasteiger partial charge is 0.387 e. The molecular weight excluding hydrogens is 762 g/mol. The van der Waals surface area contributed by atoms with Gasteiger partial charge in [-0.15, -0.1) is 0 Å². The van der Waals surface area contributed by atoms with Crippen LogP contribution in [0.3, 0.4) is 0 Å². The highest BCUT2D eigenvalue weighted by Gasteiger charge is 2.51. The van der Waals surface area contributed by atoms with Crippen LogP contribution in [-0.4, -0.2) is 183 Å². The minimum atomic E-state index is -1.51. The van der Waals surface area contributed by atoms with Crippen molar-refractivity contribution in [3.8, 4) is 0 Å². The monoisotopic (exact) mass is 842 g/mol. The fourth-order valence-electron chi connectivity index (χ4n) is 9.59. The lowest BCUT2D eigenvalue weighted by molar-refractivity contribution is -0.320. The van der Waals surface area contributed by atoms with Crippen LogP contribution in [-0.2, 0) is 42.8 Å². The summed E-state index contributed by atoms with van der Waals surface area (Å²) in [5.74, 6) is -1.96. The minimum Gasteiger partial charge on any atom is -0.387 e. The molecule has 16 heteroatoms. The number of ether oxygens (including phenoxy) is 6. The maximum atomic E-state index is 13.9. The van der Waals surface area contributed by atoms with Gasteiger partial charge in [0, 0.05) is 65.2 Å². The van der Waals surface area contributed by atoms with Crippen LogP contribution in [0.15, 0.2) is 0 Å². The van der Waals surface area contributed by atoms with Crippen molar-refractivity contribution >= 4 is 17.7 Å². The van der Waals surface area contributed by atoms with Crippen LogP contribution in [0.2, 0.25) is 0 Å². The zero-order valence-electron chi connectivity index (χ0n) is 37.9. The summed E-state index contributed by atoms with van der Waals surface area (Å²) in [4.78, 5) is 45.6. The Hall–Kier alpha value is -1.99. The Labute approximate surface area is 353 Å². The molecule has 16 nitrogen and oxygen atoms in total. The summed E-state index contributed by atoms with van der Waals surface area (Å²) in [6.07, 6.45) is -0.587. The maximum absolute atomic E-state index is 13.9. The Morgan fingerprint density at radius 2 is 1.71 bits per heavy atom. The fourth-order valence-corrected chi connectivity index (χ4v) is 9.59. The van der Waals surface area contributed by atoms with E-state index in [1.807, 2.05) is 34.9 Å². The number of amides is 3. The summed E-state index contributed by atoms with van der Waals surface area (Å²) in [7, 11) is 7.27. The first-order valence-corrected chi connectivity index (χ1v) is 22.1. The Balaban J connectivity index is 1.63. The lowest BCUT2D eigenvalue weighted by atomic mass is 9.77. The van der Waals surface area contributed by atoms with Crippen LogP contribution in [0.5, 0.6) is 0 Å². The van der Waals surface area contributed by atoms with Crippen molar-refractivity contribution in [2.75, 3.05) is 74.1 Å². The molecule has 0 aliphatic carbocycles. The van der Waals surface area contributed by atoms with Gasteiger partial charge in [-0.2, -0.15) is 0 Å². The topological polar surface area (TPSA) is 181 Å². The van der Waals surface area contributed by atoms with Crippen molar-refractivity contribution in [1.82, 2.24) is 25.3 Å². The van der Waals surface area contributed by atoms with E-state index in [0.717, 1.165) is 25.9 Å². The number of hydrogen-bond acceptors (Lipinski definition) is 13. The van der Waals surface area contributed by atoms with Gasteiger partial charge < -0.3 is 59.1 Å². The van der Waals surface area contributed by atoms with Gasteiger partial charge in [-0.05, 0) is 92.9 Å². The molecule has 4 aliphatic heterocycles. The summed E-state index contributed by atoms with van der Waals surface area (Å²) >= 11 is 0. The second-order valence-corrected chi connectivity index (χ2v) is 18.7. The number of likely N-dealkylation sites (N-methyl/N-ethyl adjacent to an activating group) is 1. The van der Waals surface area contributed by atoms with Crippen molar-refractivity contribution in [2.24, 2.45) is 17.8 Å². The van der Waals surface area contributed by atoms with Crippen LogP contribution < -0.4 is 10.6 Å². The molecule has 0 radical (unpaired) electrons. The number of hydrogen-bond donors (Lipinski definition) is 4. The second kappa shape index (κ2) is 22.4. The molecule has 342 valence electrons. The number of aliphatic hydroxyl groups is 2. The molecule has 0 unspecified atom stereocenters. The summed E-state index contributed by atoms with van der Waals surface area (Å²) in [6, 6.07) is -0.0955. The third kappa shape index (κ3) is 13.7. The highest BCUT2D eigenvalue weighted by molar-refractivity contribution is 5.80. The minimum absolute atomic E-state index is 0.0136. The van der Waals surface area contributed by atoms with Gasteiger partial charge in [-0.25, -0.2) is 0 Å². The number of methoxy groups -OCH3 is 1. The van der Waals surface area contributed by atoms with Crippen LogP contribution in [0.4, 0.5) is 0 Å². The molecule has 0 saturated carbocycles. The third-order valence-corrected chi connectivity index (χ3v) is 13.0. The zero-order chi connectivity index (χ0) is 43.7. The average Bonchev–Trinajstić information content (AvgIpc) is 3.17. The second-order valence-electron chi connectivity index (χ2n) is 18.7. The van der Waals surface area contributed by atoms with Crippen molar-refractivity contribution < 1.29 is 53.0 Å². The Bertz CT molecular complexity index is 1340. The van der Waals surface area contributed by atoms with Crippen molar-refractivity contribution in [2.45, 2.75) is 166 Å². The van der Waals surface area contributed by atoms with Crippen LogP contribution in [0.1, 0.15) is 99.8 Å². The Morgan fingerprint density at radius 3 is 2.37 bits per heavy atom. The number of nitrogens with zero attached hydrogens (tertiary/aromatic N) is 3. The van der Waals surface area contributed by atoms with E-state index in [1.54, 1.807) is 39.6 Å². The van der Waals surface area contributed by atoms with E-state index in [0.29, 0.717) is 39.1 Å². The van der Waals surface area contributed by atoms with E-state index in [2.05, 4.69) is 20.4 Å². The molecule has 59 heavy (non-hydrogen) atoms. The van der Waals surface area contributed by atoms with Crippen LogP contribution >= 0.6 is 0 Å². The normalized spacial score (nSPS) is 40.1. The average molecular weight is 842 g/mol. The molecule has 0 spiro atoms. The van der Waals surface area contributed by atoms with Gasteiger partial charge in [0.2, 0.25) is 17.7 Å². The van der Waals surface area contributed by atoms with Gasteiger partial charge in [0.1, 0.15) is 12.2 Å². The van der Waals surface area contributed by atoms with E-state index >= 15 is 0 Å². The predicted octanol–water partition coefficient (Wildman–Crippen LogP) is 2.13. The predicted molar refractivity (Wildman–Crippen MR) is 222 cm³/mol. The lowest BCUT2D eigenvalue weighted by Crippen LogP contribution is -2.61. The van der Waals surface area contributed by atoms with Gasteiger partial charge in [-0.3, -0.25) is 19.3 Å². The molecule has 4 saturated heterocycles. The molecule has 4 N–H and O–H groups in total. The van der Waals surface area contributed by atoms with Crippen LogP contribution in [0.25, 0.3) is 0 Å². The van der Waals surface area contributed by atoms with Gasteiger partial charge in [0.05, 0.1) is 48.1 Å². The standard InChI is InChI=1S/C43H79N5O11/c1-27-23-42(6,53)39(59-41-37(32(46(8)9)22-28(2)56-41)55-21-15-17-44-33(49)26-48-19-13-12-14-20-48)29(3)36(30(4)40(52)45-18-16-34(50)47(10)25-27)58-35-24-43(7,54-11)38(51)31(5)57-35/h27-32,35-39,41,51,53H,12-26H2,1-11H3,(H,44,49)(H,45,52)/t27-,28-,29+,30-,31+,32+,35+,36+,37-,38+,39-,41+,42-,43-/m1/s1. The molecule has 0 aromatic carbocycles. The number of carbonyl (C=O) groups excluding carboxylic acids is 3. The van der Waals surface area contributed by atoms with E-state index in [-0.39, 0.29) is 61.6 Å². The van der Waals surface area contributed by atoms with Gasteiger partial charge in [0.15, 0.2) is 12.6 Å². The molecule has 0 bridgehead atoms. The molecule has 4 rings (SSSR count). The van der Waals surface area contributed by atoms with E-state index < -0.39 is 66.1 Å². The first-order valence-electron chi connectivity index (χ1n) is 22.1. The molecule has 0 aromatic rings. The quantitative estimate of drug-likeness (QED) is 0.199. The number of nitrogens with one attached hydrogen (secondary N) is 2. The Morgan fingerprint density at radius 1 is 1.02 bits per heavy atom.